The molecule has 1 fully saturated rings. The Bertz CT molecular complexity index is 1260. The molecular formula is C36H46N2O4. The van der Waals surface area contributed by atoms with Gasteiger partial charge in [-0.3, -0.25) is 9.59 Å². The molecule has 6 heteroatoms. The third-order valence-corrected chi connectivity index (χ3v) is 7.35. The smallest absolute Gasteiger partial charge is 0.246 e. The van der Waals surface area contributed by atoms with E-state index < -0.39 is 0 Å². The maximum Gasteiger partial charge on any atom is 0.246 e. The van der Waals surface area contributed by atoms with Crippen molar-refractivity contribution < 1.29 is 19.1 Å². The maximum absolute atomic E-state index is 12.7. The summed E-state index contributed by atoms with van der Waals surface area (Å²) >= 11 is 0. The average molecular weight is 571 g/mol. The van der Waals surface area contributed by atoms with Crippen LogP contribution in [-0.4, -0.2) is 62.0 Å². The van der Waals surface area contributed by atoms with E-state index in [0.29, 0.717) is 26.2 Å². The van der Waals surface area contributed by atoms with Gasteiger partial charge in [-0.2, -0.15) is 0 Å². The molecule has 0 spiro atoms. The number of ether oxygens (including phenoxy) is 2. The first-order valence-electron chi connectivity index (χ1n) is 14.5. The summed E-state index contributed by atoms with van der Waals surface area (Å²) in [4.78, 5) is 28.9. The molecule has 0 atom stereocenters. The predicted octanol–water partition coefficient (Wildman–Crippen LogP) is 6.81. The molecule has 1 aliphatic rings. The number of hydrogen-bond acceptors (Lipinski definition) is 4. The summed E-state index contributed by atoms with van der Waals surface area (Å²) in [6, 6.07) is 12.4. The van der Waals surface area contributed by atoms with Gasteiger partial charge in [0.1, 0.15) is 11.5 Å². The van der Waals surface area contributed by atoms with Gasteiger partial charge in [0.05, 0.1) is 14.2 Å². The fourth-order valence-electron chi connectivity index (χ4n) is 4.58. The summed E-state index contributed by atoms with van der Waals surface area (Å²) < 4.78 is 11.1. The van der Waals surface area contributed by atoms with Gasteiger partial charge in [0.15, 0.2) is 0 Å². The van der Waals surface area contributed by atoms with Gasteiger partial charge in [-0.05, 0) is 34.1 Å². The number of rotatable bonds is 8. The molecule has 1 aliphatic heterocycles. The number of nitrogens with zero attached hydrogens (tertiary/aromatic N) is 2. The molecule has 3 rings (SSSR count). The summed E-state index contributed by atoms with van der Waals surface area (Å²) in [5.74, 6) is 1.48. The number of amides is 2. The van der Waals surface area contributed by atoms with Crippen molar-refractivity contribution in [2.24, 2.45) is 0 Å². The zero-order chi connectivity index (χ0) is 30.9. The highest BCUT2D eigenvalue weighted by Gasteiger charge is 2.22. The lowest BCUT2D eigenvalue weighted by Crippen LogP contribution is -2.49. The summed E-state index contributed by atoms with van der Waals surface area (Å²) in [7, 11) is 3.33. The first kappa shape index (κ1) is 32.5. The van der Waals surface area contributed by atoms with Crippen LogP contribution in [0.5, 0.6) is 11.5 Å². The SMILES string of the molecule is COc1cc(C(C)(C)C)ccc1/C=C/C=C/C(=O)N1CCN(C(=O)/C=C/C=C/c2ccc(C(C)(C)C)cc2OC)CC1. The minimum Gasteiger partial charge on any atom is -0.496 e. The lowest BCUT2D eigenvalue weighted by Gasteiger charge is -2.33. The molecule has 0 N–H and O–H groups in total. The molecule has 2 amide bonds. The third-order valence-electron chi connectivity index (χ3n) is 7.35. The average Bonchev–Trinajstić information content (AvgIpc) is 2.96. The topological polar surface area (TPSA) is 59.1 Å². The number of benzene rings is 2. The van der Waals surface area contributed by atoms with Crippen molar-refractivity contribution in [1.82, 2.24) is 9.80 Å². The Morgan fingerprint density at radius 2 is 0.976 bits per heavy atom. The Labute approximate surface area is 252 Å². The first-order valence-corrected chi connectivity index (χ1v) is 14.5. The molecule has 6 nitrogen and oxygen atoms in total. The van der Waals surface area contributed by atoms with Gasteiger partial charge in [0.25, 0.3) is 0 Å². The Hall–Kier alpha value is -4.06. The van der Waals surface area contributed by atoms with Crippen molar-refractivity contribution in [2.45, 2.75) is 52.4 Å². The van der Waals surface area contributed by atoms with Gasteiger partial charge >= 0.3 is 0 Å². The Morgan fingerprint density at radius 1 is 0.619 bits per heavy atom. The molecule has 0 radical (unpaired) electrons. The van der Waals surface area contributed by atoms with E-state index in [9.17, 15) is 9.59 Å². The van der Waals surface area contributed by atoms with Crippen LogP contribution >= 0.6 is 0 Å². The Balaban J connectivity index is 1.49. The Morgan fingerprint density at radius 3 is 1.29 bits per heavy atom. The molecular weight excluding hydrogens is 524 g/mol. The predicted molar refractivity (Wildman–Crippen MR) is 173 cm³/mol. The zero-order valence-electron chi connectivity index (χ0n) is 26.4. The van der Waals surface area contributed by atoms with E-state index in [1.807, 2.05) is 36.4 Å². The molecule has 1 heterocycles. The van der Waals surface area contributed by atoms with E-state index in [1.165, 1.54) is 11.1 Å². The number of piperazine rings is 1. The monoisotopic (exact) mass is 570 g/mol. The van der Waals surface area contributed by atoms with Gasteiger partial charge in [0, 0.05) is 49.5 Å². The fraction of sp³-hybridized carbons (Fsp3) is 0.389. The minimum atomic E-state index is -0.0632. The van der Waals surface area contributed by atoms with E-state index in [0.717, 1.165) is 22.6 Å². The van der Waals surface area contributed by atoms with Crippen LogP contribution in [-0.2, 0) is 20.4 Å². The molecule has 0 aromatic heterocycles. The molecule has 0 saturated carbocycles. The molecule has 2 aromatic carbocycles. The van der Waals surface area contributed by atoms with E-state index in [2.05, 4.69) is 65.8 Å². The van der Waals surface area contributed by atoms with Gasteiger partial charge in [-0.25, -0.2) is 0 Å². The summed E-state index contributed by atoms with van der Waals surface area (Å²) in [5, 5.41) is 0. The zero-order valence-corrected chi connectivity index (χ0v) is 26.4. The van der Waals surface area contributed by atoms with Crippen LogP contribution in [0.25, 0.3) is 12.2 Å². The van der Waals surface area contributed by atoms with Gasteiger partial charge in [-0.15, -0.1) is 0 Å². The maximum atomic E-state index is 12.7. The van der Waals surface area contributed by atoms with E-state index >= 15 is 0 Å². The molecule has 0 unspecified atom stereocenters. The van der Waals surface area contributed by atoms with Crippen LogP contribution < -0.4 is 9.47 Å². The van der Waals surface area contributed by atoms with Gasteiger partial charge in [0.2, 0.25) is 11.8 Å². The molecule has 0 aliphatic carbocycles. The number of hydrogen-bond donors (Lipinski definition) is 0. The number of methoxy groups -OCH3 is 2. The van der Waals surface area contributed by atoms with Crippen molar-refractivity contribution in [2.75, 3.05) is 40.4 Å². The summed E-state index contributed by atoms with van der Waals surface area (Å²) in [6.45, 7) is 15.0. The van der Waals surface area contributed by atoms with Gasteiger partial charge in [-0.1, -0.05) is 102 Å². The second kappa shape index (κ2) is 14.2. The second-order valence-electron chi connectivity index (χ2n) is 12.5. The second-order valence-corrected chi connectivity index (χ2v) is 12.5. The molecule has 42 heavy (non-hydrogen) atoms. The third kappa shape index (κ3) is 8.97. The van der Waals surface area contributed by atoms with E-state index in [4.69, 9.17) is 9.47 Å². The highest BCUT2D eigenvalue weighted by molar-refractivity contribution is 5.90. The number of allylic oxidation sites excluding steroid dienone is 4. The van der Waals surface area contributed by atoms with Crippen molar-refractivity contribution in [3.05, 3.63) is 95.1 Å². The largest absolute Gasteiger partial charge is 0.496 e. The van der Waals surface area contributed by atoms with Crippen LogP contribution in [0.2, 0.25) is 0 Å². The number of carbonyl (C=O) groups is 2. The lowest BCUT2D eigenvalue weighted by molar-refractivity contribution is -0.134. The van der Waals surface area contributed by atoms with Crippen LogP contribution in [0.4, 0.5) is 0 Å². The lowest BCUT2D eigenvalue weighted by atomic mass is 9.86. The van der Waals surface area contributed by atoms with E-state index in [1.54, 1.807) is 48.3 Å². The quantitative estimate of drug-likeness (QED) is 0.259. The van der Waals surface area contributed by atoms with Crippen molar-refractivity contribution >= 4 is 24.0 Å². The first-order chi connectivity index (χ1) is 19.8. The minimum absolute atomic E-state index is 0.0395. The van der Waals surface area contributed by atoms with Crippen LogP contribution in [0, 0.1) is 0 Å². The molecule has 1 saturated heterocycles. The van der Waals surface area contributed by atoms with Crippen molar-refractivity contribution in [1.29, 1.82) is 0 Å². The highest BCUT2D eigenvalue weighted by Crippen LogP contribution is 2.30. The van der Waals surface area contributed by atoms with Gasteiger partial charge < -0.3 is 19.3 Å². The van der Waals surface area contributed by atoms with Crippen LogP contribution in [0.15, 0.2) is 72.9 Å². The summed E-state index contributed by atoms with van der Waals surface area (Å²) in [6.07, 6.45) is 14.2. The summed E-state index contributed by atoms with van der Waals surface area (Å²) in [5.41, 5.74) is 4.39. The van der Waals surface area contributed by atoms with Crippen molar-refractivity contribution in [3.8, 4) is 11.5 Å². The van der Waals surface area contributed by atoms with Crippen molar-refractivity contribution in [3.63, 3.8) is 0 Å². The van der Waals surface area contributed by atoms with Crippen LogP contribution in [0.3, 0.4) is 0 Å². The highest BCUT2D eigenvalue weighted by atomic mass is 16.5. The molecule has 0 bridgehead atoms. The van der Waals surface area contributed by atoms with Crippen LogP contribution in [0.1, 0.15) is 63.8 Å². The number of carbonyl (C=O) groups excluding carboxylic acids is 2. The van der Waals surface area contributed by atoms with E-state index in [-0.39, 0.29) is 22.6 Å². The standard InChI is InChI=1S/C36H46N2O4/c1-35(2,3)29-19-17-27(31(25-29)41-7)13-9-11-15-33(39)37-21-23-38(24-22-37)34(40)16-12-10-14-28-18-20-30(36(4,5)6)26-32(28)42-8/h9-20,25-26H,21-24H2,1-8H3/b13-9+,14-10+,15-11+,16-12+. The Kier molecular flexibility index (Phi) is 11.0. The molecule has 2 aromatic rings. The normalized spacial score (nSPS) is 15.0. The molecule has 224 valence electrons. The fourth-order valence-corrected chi connectivity index (χ4v) is 4.58.